The van der Waals surface area contributed by atoms with Gasteiger partial charge < -0.3 is 19.9 Å². The lowest BCUT2D eigenvalue weighted by Gasteiger charge is -2.21. The van der Waals surface area contributed by atoms with Crippen molar-refractivity contribution in [1.82, 2.24) is 29.3 Å². The average Bonchev–Trinajstić information content (AvgIpc) is 3.03. The normalized spacial score (nSPS) is 12.2. The number of carbonyl (C=O) groups excluding carboxylic acids is 2. The molecule has 0 saturated carbocycles. The number of carbonyl (C=O) groups is 2. The number of nitrogens with one attached hydrogen (secondary N) is 2. The third-order valence-electron chi connectivity index (χ3n) is 4.40. The number of ether oxygens (including phenoxy) is 1. The van der Waals surface area contributed by atoms with Gasteiger partial charge in [0.1, 0.15) is 6.54 Å². The SMILES string of the molecule is CCOC(=O)NC(CNC(=O)Cn1c(=O)c2c(ncn2C)n(C)c1=O)CC(C)C. The summed E-state index contributed by atoms with van der Waals surface area (Å²) in [7, 11) is 3.14. The van der Waals surface area contributed by atoms with Crippen LogP contribution >= 0.6 is 0 Å². The Hall–Kier alpha value is -3.11. The minimum absolute atomic E-state index is 0.152. The van der Waals surface area contributed by atoms with Crippen LogP contribution in [-0.2, 0) is 30.2 Å². The van der Waals surface area contributed by atoms with Gasteiger partial charge >= 0.3 is 11.8 Å². The van der Waals surface area contributed by atoms with Crippen LogP contribution in [0.25, 0.3) is 11.2 Å². The van der Waals surface area contributed by atoms with Crippen LogP contribution in [0.2, 0.25) is 0 Å². The van der Waals surface area contributed by atoms with E-state index in [2.05, 4.69) is 15.6 Å². The highest BCUT2D eigenvalue weighted by molar-refractivity contribution is 5.76. The molecule has 0 aliphatic carbocycles. The third-order valence-corrected chi connectivity index (χ3v) is 4.40. The molecular weight excluding hydrogens is 380 g/mol. The van der Waals surface area contributed by atoms with Crippen molar-refractivity contribution in [2.75, 3.05) is 13.2 Å². The van der Waals surface area contributed by atoms with E-state index in [4.69, 9.17) is 4.74 Å². The lowest BCUT2D eigenvalue weighted by molar-refractivity contribution is -0.121. The highest BCUT2D eigenvalue weighted by Crippen LogP contribution is 2.05. The van der Waals surface area contributed by atoms with Crippen molar-refractivity contribution in [2.24, 2.45) is 20.0 Å². The van der Waals surface area contributed by atoms with Gasteiger partial charge in [-0.3, -0.25) is 14.2 Å². The van der Waals surface area contributed by atoms with E-state index >= 15 is 0 Å². The number of nitrogens with zero attached hydrogens (tertiary/aromatic N) is 4. The van der Waals surface area contributed by atoms with Crippen molar-refractivity contribution in [1.29, 1.82) is 0 Å². The fraction of sp³-hybridized carbons (Fsp3) is 0.611. The number of amides is 2. The first-order valence-electron chi connectivity index (χ1n) is 9.46. The summed E-state index contributed by atoms with van der Waals surface area (Å²) in [6.07, 6.45) is 1.51. The standard InChI is InChI=1S/C18H28N6O5/c1-6-29-17(27)21-12(7-11(2)3)8-19-13(25)9-24-16(26)14-15(20-10-22(14)4)23(5)18(24)28/h10-12H,6-9H2,1-5H3,(H,19,25)(H,21,27). The monoisotopic (exact) mass is 408 g/mol. The van der Waals surface area contributed by atoms with Gasteiger partial charge in [0.25, 0.3) is 5.56 Å². The summed E-state index contributed by atoms with van der Waals surface area (Å²) in [6.45, 7) is 5.66. The molecule has 0 aliphatic rings. The third kappa shape index (κ3) is 5.24. The summed E-state index contributed by atoms with van der Waals surface area (Å²) in [5, 5.41) is 5.38. The van der Waals surface area contributed by atoms with Gasteiger partial charge in [0.05, 0.1) is 12.9 Å². The van der Waals surface area contributed by atoms with Crippen molar-refractivity contribution in [2.45, 2.75) is 39.8 Å². The van der Waals surface area contributed by atoms with Crippen LogP contribution in [0.4, 0.5) is 4.79 Å². The van der Waals surface area contributed by atoms with Crippen LogP contribution < -0.4 is 21.9 Å². The van der Waals surface area contributed by atoms with Gasteiger partial charge in [-0.25, -0.2) is 19.1 Å². The molecule has 1 atom stereocenters. The van der Waals surface area contributed by atoms with Crippen LogP contribution in [0.15, 0.2) is 15.9 Å². The maximum absolute atomic E-state index is 12.7. The predicted molar refractivity (Wildman–Crippen MR) is 107 cm³/mol. The van der Waals surface area contributed by atoms with Gasteiger partial charge in [-0.15, -0.1) is 0 Å². The van der Waals surface area contributed by atoms with Gasteiger partial charge in [-0.2, -0.15) is 0 Å². The molecule has 0 saturated heterocycles. The summed E-state index contributed by atoms with van der Waals surface area (Å²) in [6, 6.07) is -0.336. The van der Waals surface area contributed by atoms with E-state index in [1.807, 2.05) is 13.8 Å². The zero-order valence-electron chi connectivity index (χ0n) is 17.4. The van der Waals surface area contributed by atoms with Crippen molar-refractivity contribution in [3.63, 3.8) is 0 Å². The van der Waals surface area contributed by atoms with E-state index < -0.39 is 29.8 Å². The Morgan fingerprint density at radius 2 is 1.93 bits per heavy atom. The smallest absolute Gasteiger partial charge is 0.407 e. The molecule has 0 spiro atoms. The predicted octanol–water partition coefficient (Wildman–Crippen LogP) is -0.289. The van der Waals surface area contributed by atoms with Crippen LogP contribution in [0.1, 0.15) is 27.2 Å². The minimum atomic E-state index is -0.625. The number of hydrogen-bond acceptors (Lipinski definition) is 6. The number of imidazole rings is 1. The molecule has 2 N–H and O–H groups in total. The second kappa shape index (κ2) is 9.39. The maximum Gasteiger partial charge on any atom is 0.407 e. The largest absolute Gasteiger partial charge is 0.450 e. The van der Waals surface area contributed by atoms with Gasteiger partial charge in [0, 0.05) is 26.7 Å². The van der Waals surface area contributed by atoms with E-state index in [9.17, 15) is 19.2 Å². The molecule has 2 amide bonds. The first-order chi connectivity index (χ1) is 13.6. The summed E-state index contributed by atoms with van der Waals surface area (Å²) >= 11 is 0. The van der Waals surface area contributed by atoms with Crippen molar-refractivity contribution < 1.29 is 14.3 Å². The second-order valence-corrected chi connectivity index (χ2v) is 7.26. The Balaban J connectivity index is 2.13. The van der Waals surface area contributed by atoms with Crippen LogP contribution in [0.5, 0.6) is 0 Å². The topological polar surface area (TPSA) is 129 Å². The highest BCUT2D eigenvalue weighted by Gasteiger charge is 2.19. The molecule has 2 heterocycles. The lowest BCUT2D eigenvalue weighted by Crippen LogP contribution is -2.47. The summed E-state index contributed by atoms with van der Waals surface area (Å²) in [5.74, 6) is -0.230. The first-order valence-corrected chi connectivity index (χ1v) is 9.46. The molecular formula is C18H28N6O5. The Labute approximate surface area is 167 Å². The van der Waals surface area contributed by atoms with E-state index in [1.165, 1.54) is 22.5 Å². The second-order valence-electron chi connectivity index (χ2n) is 7.26. The molecule has 160 valence electrons. The van der Waals surface area contributed by atoms with Gasteiger partial charge in [0.15, 0.2) is 11.2 Å². The quantitative estimate of drug-likeness (QED) is 0.618. The summed E-state index contributed by atoms with van der Waals surface area (Å²) in [4.78, 5) is 53.3. The van der Waals surface area contributed by atoms with E-state index in [0.717, 1.165) is 4.57 Å². The minimum Gasteiger partial charge on any atom is -0.450 e. The fourth-order valence-corrected chi connectivity index (χ4v) is 3.07. The number of aryl methyl sites for hydroxylation is 2. The molecule has 29 heavy (non-hydrogen) atoms. The molecule has 0 bridgehead atoms. The molecule has 1 unspecified atom stereocenters. The van der Waals surface area contributed by atoms with E-state index in [-0.39, 0.29) is 36.3 Å². The molecule has 2 aromatic heterocycles. The Morgan fingerprint density at radius 1 is 1.24 bits per heavy atom. The number of hydrogen-bond donors (Lipinski definition) is 2. The Morgan fingerprint density at radius 3 is 2.55 bits per heavy atom. The molecule has 0 aliphatic heterocycles. The first kappa shape index (κ1) is 22.2. The van der Waals surface area contributed by atoms with Gasteiger partial charge in [0.2, 0.25) is 5.91 Å². The molecule has 2 rings (SSSR count). The van der Waals surface area contributed by atoms with Crippen molar-refractivity contribution >= 4 is 23.2 Å². The molecule has 0 radical (unpaired) electrons. The van der Waals surface area contributed by atoms with Crippen LogP contribution in [0.3, 0.4) is 0 Å². The van der Waals surface area contributed by atoms with Crippen LogP contribution in [-0.4, -0.2) is 49.9 Å². The molecule has 11 heteroatoms. The molecule has 0 aromatic carbocycles. The zero-order valence-corrected chi connectivity index (χ0v) is 17.4. The van der Waals surface area contributed by atoms with Crippen LogP contribution in [0, 0.1) is 5.92 Å². The Kier molecular flexibility index (Phi) is 7.18. The number of aromatic nitrogens is 4. The summed E-state index contributed by atoms with van der Waals surface area (Å²) in [5.41, 5.74) is -0.710. The average molecular weight is 408 g/mol. The zero-order chi connectivity index (χ0) is 21.7. The van der Waals surface area contributed by atoms with Crippen molar-refractivity contribution in [3.8, 4) is 0 Å². The number of alkyl carbamates (subject to hydrolysis) is 1. The molecule has 0 fully saturated rings. The highest BCUT2D eigenvalue weighted by atomic mass is 16.5. The van der Waals surface area contributed by atoms with Gasteiger partial charge in [-0.05, 0) is 19.3 Å². The van der Waals surface area contributed by atoms with E-state index in [0.29, 0.717) is 6.42 Å². The number of rotatable bonds is 8. The maximum atomic E-state index is 12.7. The van der Waals surface area contributed by atoms with Crippen molar-refractivity contribution in [3.05, 3.63) is 27.2 Å². The number of fused-ring (bicyclic) bond motifs is 1. The summed E-state index contributed by atoms with van der Waals surface area (Å²) < 4.78 is 8.49. The Bertz CT molecular complexity index is 1000. The lowest BCUT2D eigenvalue weighted by atomic mass is 10.0. The molecule has 2 aromatic rings. The van der Waals surface area contributed by atoms with Gasteiger partial charge in [-0.1, -0.05) is 13.8 Å². The molecule has 11 nitrogen and oxygen atoms in total. The fourth-order valence-electron chi connectivity index (χ4n) is 3.07. The van der Waals surface area contributed by atoms with E-state index in [1.54, 1.807) is 14.0 Å².